The maximum absolute atomic E-state index is 12.9. The second-order valence-electron chi connectivity index (χ2n) is 4.41. The smallest absolute Gasteiger partial charge is 0.307 e. The molecule has 0 saturated heterocycles. The molecule has 0 amide bonds. The van der Waals surface area contributed by atoms with Crippen LogP contribution in [-0.4, -0.2) is 24.7 Å². The predicted molar refractivity (Wildman–Crippen MR) is 86.2 cm³/mol. The standard InChI is InChI=1S/C10H11FN2O2.C6H9NO/c11-8-3-1-2-7(6-8)9(13-12)4-5-10(14)15;1-8-6-4-2-3-5-7-6/h1-4,6,13H,5,12H2,(H,14,15);2-4,7H,5H2,1H3/b9-4-;. The summed E-state index contributed by atoms with van der Waals surface area (Å²) in [5.41, 5.74) is 3.23. The lowest BCUT2D eigenvalue weighted by atomic mass is 10.1. The van der Waals surface area contributed by atoms with Crippen molar-refractivity contribution in [2.24, 2.45) is 5.84 Å². The van der Waals surface area contributed by atoms with Crippen molar-refractivity contribution in [3.05, 3.63) is 65.8 Å². The minimum absolute atomic E-state index is 0.171. The van der Waals surface area contributed by atoms with Gasteiger partial charge in [-0.05, 0) is 24.3 Å². The average Bonchev–Trinajstić information content (AvgIpc) is 2.56. The van der Waals surface area contributed by atoms with E-state index in [0.717, 1.165) is 12.4 Å². The molecule has 0 radical (unpaired) electrons. The number of dihydropyridines is 1. The van der Waals surface area contributed by atoms with Crippen LogP contribution in [0.4, 0.5) is 4.39 Å². The van der Waals surface area contributed by atoms with Gasteiger partial charge in [0.2, 0.25) is 0 Å². The number of methoxy groups -OCH3 is 1. The molecular formula is C16H20FN3O3. The van der Waals surface area contributed by atoms with Crippen molar-refractivity contribution in [3.63, 3.8) is 0 Å². The summed E-state index contributed by atoms with van der Waals surface area (Å²) in [7, 11) is 1.65. The fourth-order valence-electron chi connectivity index (χ4n) is 1.69. The summed E-state index contributed by atoms with van der Waals surface area (Å²) in [4.78, 5) is 10.3. The highest BCUT2D eigenvalue weighted by Crippen LogP contribution is 2.12. The van der Waals surface area contributed by atoms with E-state index < -0.39 is 11.8 Å². The molecule has 0 saturated carbocycles. The topological polar surface area (TPSA) is 96.6 Å². The molecular weight excluding hydrogens is 301 g/mol. The van der Waals surface area contributed by atoms with E-state index in [1.54, 1.807) is 13.2 Å². The lowest BCUT2D eigenvalue weighted by molar-refractivity contribution is -0.135. The normalized spacial score (nSPS) is 13.2. The van der Waals surface area contributed by atoms with Gasteiger partial charge >= 0.3 is 5.97 Å². The molecule has 0 aliphatic carbocycles. The molecule has 0 atom stereocenters. The zero-order valence-electron chi connectivity index (χ0n) is 12.8. The van der Waals surface area contributed by atoms with Crippen LogP contribution < -0.4 is 16.6 Å². The van der Waals surface area contributed by atoms with E-state index >= 15 is 0 Å². The summed E-state index contributed by atoms with van der Waals surface area (Å²) < 4.78 is 17.7. The summed E-state index contributed by atoms with van der Waals surface area (Å²) in [5.74, 6) is 4.68. The molecule has 1 heterocycles. The number of aliphatic carboxylic acids is 1. The third-order valence-electron chi connectivity index (χ3n) is 2.77. The minimum atomic E-state index is -0.973. The number of rotatable bonds is 5. The second kappa shape index (κ2) is 10.0. The summed E-state index contributed by atoms with van der Waals surface area (Å²) in [5, 5.41) is 11.5. The van der Waals surface area contributed by atoms with Crippen LogP contribution in [0.15, 0.2) is 54.5 Å². The lowest BCUT2D eigenvalue weighted by Gasteiger charge is -2.08. The van der Waals surface area contributed by atoms with E-state index in [1.165, 1.54) is 24.3 Å². The van der Waals surface area contributed by atoms with Gasteiger partial charge in [-0.15, -0.1) is 0 Å². The first-order chi connectivity index (χ1) is 11.1. The maximum atomic E-state index is 12.9. The molecule has 0 fully saturated rings. The number of benzene rings is 1. The van der Waals surface area contributed by atoms with Crippen LogP contribution in [0.3, 0.4) is 0 Å². The molecule has 1 aliphatic heterocycles. The number of hydrogen-bond acceptors (Lipinski definition) is 5. The van der Waals surface area contributed by atoms with Crippen LogP contribution in [0.1, 0.15) is 12.0 Å². The Kier molecular flexibility index (Phi) is 7.95. The van der Waals surface area contributed by atoms with E-state index in [-0.39, 0.29) is 6.42 Å². The Balaban J connectivity index is 0.000000277. The van der Waals surface area contributed by atoms with Gasteiger partial charge in [-0.1, -0.05) is 24.3 Å². The third kappa shape index (κ3) is 7.14. The number of hydrazine groups is 1. The number of nitrogens with one attached hydrogen (secondary N) is 2. The van der Waals surface area contributed by atoms with Crippen LogP contribution in [-0.2, 0) is 9.53 Å². The van der Waals surface area contributed by atoms with Crippen molar-refractivity contribution in [1.82, 2.24) is 10.7 Å². The molecule has 0 spiro atoms. The van der Waals surface area contributed by atoms with E-state index in [1.807, 2.05) is 18.2 Å². The predicted octanol–water partition coefficient (Wildman–Crippen LogP) is 1.74. The Labute approximate surface area is 134 Å². The van der Waals surface area contributed by atoms with E-state index in [9.17, 15) is 9.18 Å². The van der Waals surface area contributed by atoms with Crippen LogP contribution in [0.2, 0.25) is 0 Å². The number of carboxylic acid groups (broad SMARTS) is 1. The Morgan fingerprint density at radius 2 is 2.35 bits per heavy atom. The molecule has 0 bridgehead atoms. The molecule has 23 heavy (non-hydrogen) atoms. The second-order valence-corrected chi connectivity index (χ2v) is 4.41. The molecule has 0 unspecified atom stereocenters. The van der Waals surface area contributed by atoms with Gasteiger partial charge < -0.3 is 20.6 Å². The van der Waals surface area contributed by atoms with Gasteiger partial charge in [-0.3, -0.25) is 10.6 Å². The highest BCUT2D eigenvalue weighted by Gasteiger charge is 2.02. The molecule has 1 aromatic carbocycles. The summed E-state index contributed by atoms with van der Waals surface area (Å²) >= 11 is 0. The highest BCUT2D eigenvalue weighted by atomic mass is 19.1. The molecule has 6 nitrogen and oxygen atoms in total. The van der Waals surface area contributed by atoms with Gasteiger partial charge in [0.15, 0.2) is 5.88 Å². The van der Waals surface area contributed by atoms with E-state index in [0.29, 0.717) is 11.3 Å². The quantitative estimate of drug-likeness (QED) is 0.487. The number of hydrogen-bond donors (Lipinski definition) is 4. The number of allylic oxidation sites excluding steroid dienone is 2. The lowest BCUT2D eigenvalue weighted by Crippen LogP contribution is -2.20. The summed E-state index contributed by atoms with van der Waals surface area (Å²) in [6, 6.07) is 5.73. The van der Waals surface area contributed by atoms with Gasteiger partial charge in [0, 0.05) is 12.1 Å². The molecule has 1 aromatic rings. The van der Waals surface area contributed by atoms with Crippen molar-refractivity contribution in [3.8, 4) is 0 Å². The monoisotopic (exact) mass is 321 g/mol. The Hall–Kier alpha value is -2.80. The van der Waals surface area contributed by atoms with Gasteiger partial charge in [0.25, 0.3) is 0 Å². The molecule has 5 N–H and O–H groups in total. The van der Waals surface area contributed by atoms with Crippen molar-refractivity contribution < 1.29 is 19.0 Å². The Morgan fingerprint density at radius 1 is 1.57 bits per heavy atom. The minimum Gasteiger partial charge on any atom is -0.483 e. The largest absolute Gasteiger partial charge is 0.483 e. The number of carbonyl (C=O) groups is 1. The van der Waals surface area contributed by atoms with Crippen LogP contribution in [0.25, 0.3) is 5.70 Å². The van der Waals surface area contributed by atoms with Gasteiger partial charge in [-0.2, -0.15) is 0 Å². The zero-order valence-corrected chi connectivity index (χ0v) is 12.8. The first-order valence-corrected chi connectivity index (χ1v) is 6.86. The van der Waals surface area contributed by atoms with Gasteiger partial charge in [0.05, 0.1) is 19.2 Å². The Bertz CT molecular complexity index is 612. The highest BCUT2D eigenvalue weighted by molar-refractivity contribution is 5.73. The average molecular weight is 321 g/mol. The number of nitrogens with two attached hydrogens (primary N) is 1. The first-order valence-electron chi connectivity index (χ1n) is 6.86. The van der Waals surface area contributed by atoms with Crippen molar-refractivity contribution >= 4 is 11.7 Å². The summed E-state index contributed by atoms with van der Waals surface area (Å²) in [6.07, 6.45) is 7.11. The molecule has 7 heteroatoms. The van der Waals surface area contributed by atoms with E-state index in [4.69, 9.17) is 15.7 Å². The van der Waals surface area contributed by atoms with Crippen molar-refractivity contribution in [1.29, 1.82) is 0 Å². The molecule has 124 valence electrons. The maximum Gasteiger partial charge on any atom is 0.307 e. The number of halogens is 1. The fraction of sp³-hybridized carbons (Fsp3) is 0.188. The third-order valence-corrected chi connectivity index (χ3v) is 2.77. The van der Waals surface area contributed by atoms with Crippen LogP contribution in [0.5, 0.6) is 0 Å². The molecule has 2 rings (SSSR count). The van der Waals surface area contributed by atoms with Crippen molar-refractivity contribution in [2.45, 2.75) is 6.42 Å². The summed E-state index contributed by atoms with van der Waals surface area (Å²) in [6.45, 7) is 0.875. The Morgan fingerprint density at radius 3 is 2.83 bits per heavy atom. The van der Waals surface area contributed by atoms with Crippen molar-refractivity contribution in [2.75, 3.05) is 13.7 Å². The zero-order chi connectivity index (χ0) is 17.1. The van der Waals surface area contributed by atoms with Gasteiger partial charge in [0.1, 0.15) is 5.82 Å². The molecule has 0 aromatic heterocycles. The first kappa shape index (κ1) is 18.2. The van der Waals surface area contributed by atoms with Gasteiger partial charge in [-0.25, -0.2) is 4.39 Å². The van der Waals surface area contributed by atoms with Crippen LogP contribution >= 0.6 is 0 Å². The van der Waals surface area contributed by atoms with E-state index in [2.05, 4.69) is 10.7 Å². The fourth-order valence-corrected chi connectivity index (χ4v) is 1.69. The number of ether oxygens (including phenoxy) is 1. The molecule has 1 aliphatic rings. The van der Waals surface area contributed by atoms with Crippen LogP contribution in [0, 0.1) is 5.82 Å². The number of carboxylic acids is 1. The SMILES string of the molecule is COC1=CC=CCN1.NN/C(=C\CC(=O)O)c1cccc(F)c1.